The smallest absolute Gasteiger partial charge is 0.434 e. The summed E-state index contributed by atoms with van der Waals surface area (Å²) in [6.45, 7) is 3.17. The number of carbonyl (C=O) groups excluding carboxylic acids is 1. The van der Waals surface area contributed by atoms with E-state index in [0.29, 0.717) is 23.1 Å². The Labute approximate surface area is 154 Å². The number of carbonyl (C=O) groups is 2. The third kappa shape index (κ3) is 4.66. The van der Waals surface area contributed by atoms with Crippen LogP contribution < -0.4 is 5.32 Å². The molecule has 0 bridgehead atoms. The summed E-state index contributed by atoms with van der Waals surface area (Å²) in [5, 5.41) is 15.1. The van der Waals surface area contributed by atoms with Crippen LogP contribution in [0.2, 0.25) is 0 Å². The molecule has 2 N–H and O–H groups in total. The third-order valence-corrected chi connectivity index (χ3v) is 4.12. The number of nitrogens with zero attached hydrogens (tertiary/aromatic N) is 2. The minimum atomic E-state index is -4.82. The van der Waals surface area contributed by atoms with Crippen molar-refractivity contribution in [2.75, 3.05) is 6.54 Å². The molecule has 1 unspecified atom stereocenters. The molecule has 146 valence electrons. The van der Waals surface area contributed by atoms with Crippen molar-refractivity contribution in [1.82, 2.24) is 15.1 Å². The van der Waals surface area contributed by atoms with Crippen molar-refractivity contribution < 1.29 is 27.9 Å². The van der Waals surface area contributed by atoms with Gasteiger partial charge in [-0.2, -0.15) is 18.3 Å². The molecule has 6 nitrogen and oxygen atoms in total. The standard InChI is InChI=1S/C18H20F3N3O3/c1-3-6-12(17(26)27)9-22-16(25)13-10-23-24(15(13)18(19,20)21)14-8-5-4-7-11(14)2/h4-5,7-8,10,12H,3,6,9H2,1-2H3,(H,22,25)(H,26,27). The second-order valence-electron chi connectivity index (χ2n) is 6.14. The quantitative estimate of drug-likeness (QED) is 0.767. The average molecular weight is 383 g/mol. The average Bonchev–Trinajstić information content (AvgIpc) is 3.03. The maximum absolute atomic E-state index is 13.6. The van der Waals surface area contributed by atoms with Crippen molar-refractivity contribution in [2.45, 2.75) is 32.9 Å². The Kier molecular flexibility index (Phi) is 6.24. The Bertz CT molecular complexity index is 831. The Morgan fingerprint density at radius 3 is 2.52 bits per heavy atom. The van der Waals surface area contributed by atoms with E-state index in [4.69, 9.17) is 5.11 Å². The Morgan fingerprint density at radius 2 is 1.96 bits per heavy atom. The number of aromatic nitrogens is 2. The fourth-order valence-corrected chi connectivity index (χ4v) is 2.74. The molecule has 1 atom stereocenters. The number of benzene rings is 1. The number of hydrogen-bond acceptors (Lipinski definition) is 3. The highest BCUT2D eigenvalue weighted by Crippen LogP contribution is 2.34. The van der Waals surface area contributed by atoms with Gasteiger partial charge in [-0.1, -0.05) is 31.5 Å². The largest absolute Gasteiger partial charge is 0.481 e. The molecular weight excluding hydrogens is 363 g/mol. The van der Waals surface area contributed by atoms with Crippen molar-refractivity contribution in [1.29, 1.82) is 0 Å². The van der Waals surface area contributed by atoms with Gasteiger partial charge in [-0.05, 0) is 25.0 Å². The van der Waals surface area contributed by atoms with Crippen LogP contribution in [0.3, 0.4) is 0 Å². The number of amides is 1. The van der Waals surface area contributed by atoms with Crippen LogP contribution in [0.25, 0.3) is 5.69 Å². The highest BCUT2D eigenvalue weighted by Gasteiger charge is 2.40. The van der Waals surface area contributed by atoms with E-state index in [1.54, 1.807) is 32.0 Å². The summed E-state index contributed by atoms with van der Waals surface area (Å²) in [5.74, 6) is -2.98. The number of hydrogen-bond donors (Lipinski definition) is 2. The second kappa shape index (κ2) is 8.24. The van der Waals surface area contributed by atoms with Gasteiger partial charge in [0, 0.05) is 6.54 Å². The van der Waals surface area contributed by atoms with Gasteiger partial charge in [0.15, 0.2) is 5.69 Å². The van der Waals surface area contributed by atoms with Crippen LogP contribution in [0.1, 0.15) is 41.4 Å². The minimum Gasteiger partial charge on any atom is -0.481 e. The number of carboxylic acids is 1. The van der Waals surface area contributed by atoms with Gasteiger partial charge >= 0.3 is 12.1 Å². The molecule has 0 aliphatic heterocycles. The number of aliphatic carboxylic acids is 1. The van der Waals surface area contributed by atoms with Gasteiger partial charge < -0.3 is 10.4 Å². The number of carboxylic acid groups (broad SMARTS) is 1. The fourth-order valence-electron chi connectivity index (χ4n) is 2.74. The van der Waals surface area contributed by atoms with Crippen LogP contribution in [0.5, 0.6) is 0 Å². The maximum atomic E-state index is 13.6. The van der Waals surface area contributed by atoms with Gasteiger partial charge in [0.25, 0.3) is 5.91 Å². The van der Waals surface area contributed by atoms with E-state index in [9.17, 15) is 22.8 Å². The van der Waals surface area contributed by atoms with Gasteiger partial charge in [-0.15, -0.1) is 0 Å². The summed E-state index contributed by atoms with van der Waals surface area (Å²) in [6, 6.07) is 6.37. The number of alkyl halides is 3. The van der Waals surface area contributed by atoms with Crippen LogP contribution in [-0.4, -0.2) is 33.3 Å². The molecule has 0 fully saturated rings. The number of aryl methyl sites for hydroxylation is 1. The molecule has 0 spiro atoms. The van der Waals surface area contributed by atoms with E-state index in [1.807, 2.05) is 0 Å². The van der Waals surface area contributed by atoms with Crippen LogP contribution in [-0.2, 0) is 11.0 Å². The molecular formula is C18H20F3N3O3. The van der Waals surface area contributed by atoms with Crippen LogP contribution in [0.4, 0.5) is 13.2 Å². The van der Waals surface area contributed by atoms with Gasteiger partial charge in [0.1, 0.15) is 0 Å². The zero-order valence-corrected chi connectivity index (χ0v) is 14.9. The summed E-state index contributed by atoms with van der Waals surface area (Å²) >= 11 is 0. The van der Waals surface area contributed by atoms with Gasteiger partial charge in [0.05, 0.1) is 23.4 Å². The first-order valence-corrected chi connectivity index (χ1v) is 8.39. The van der Waals surface area contributed by atoms with E-state index >= 15 is 0 Å². The molecule has 9 heteroatoms. The number of halogens is 3. The lowest BCUT2D eigenvalue weighted by Gasteiger charge is -2.15. The lowest BCUT2D eigenvalue weighted by atomic mass is 10.0. The van der Waals surface area contributed by atoms with E-state index in [2.05, 4.69) is 10.4 Å². The highest BCUT2D eigenvalue weighted by molar-refractivity contribution is 5.95. The predicted molar refractivity (Wildman–Crippen MR) is 91.7 cm³/mol. The highest BCUT2D eigenvalue weighted by atomic mass is 19.4. The van der Waals surface area contributed by atoms with Crippen molar-refractivity contribution in [2.24, 2.45) is 5.92 Å². The first-order chi connectivity index (χ1) is 12.7. The zero-order valence-electron chi connectivity index (χ0n) is 14.9. The molecule has 0 saturated carbocycles. The molecule has 1 aromatic carbocycles. The molecule has 0 aliphatic rings. The van der Waals surface area contributed by atoms with E-state index in [0.717, 1.165) is 6.20 Å². The van der Waals surface area contributed by atoms with Crippen LogP contribution in [0.15, 0.2) is 30.5 Å². The van der Waals surface area contributed by atoms with E-state index in [1.165, 1.54) is 6.07 Å². The lowest BCUT2D eigenvalue weighted by Crippen LogP contribution is -2.34. The summed E-state index contributed by atoms with van der Waals surface area (Å²) < 4.78 is 41.6. The van der Waals surface area contributed by atoms with Gasteiger partial charge in [-0.25, -0.2) is 4.68 Å². The monoisotopic (exact) mass is 383 g/mol. The maximum Gasteiger partial charge on any atom is 0.434 e. The Morgan fingerprint density at radius 1 is 1.30 bits per heavy atom. The molecule has 1 heterocycles. The second-order valence-corrected chi connectivity index (χ2v) is 6.14. The molecule has 2 aromatic rings. The fraction of sp³-hybridized carbons (Fsp3) is 0.389. The van der Waals surface area contributed by atoms with Crippen LogP contribution >= 0.6 is 0 Å². The lowest BCUT2D eigenvalue weighted by molar-refractivity contribution is -0.143. The van der Waals surface area contributed by atoms with Crippen molar-refractivity contribution in [3.05, 3.63) is 47.3 Å². The summed E-state index contributed by atoms with van der Waals surface area (Å²) in [6.07, 6.45) is -3.09. The molecule has 0 radical (unpaired) electrons. The predicted octanol–water partition coefficient (Wildman–Crippen LogP) is 3.43. The first kappa shape index (κ1) is 20.5. The molecule has 1 aromatic heterocycles. The van der Waals surface area contributed by atoms with Gasteiger partial charge in [0.2, 0.25) is 0 Å². The van der Waals surface area contributed by atoms with Crippen molar-refractivity contribution >= 4 is 11.9 Å². The Hall–Kier alpha value is -2.84. The Balaban J connectivity index is 2.36. The summed E-state index contributed by atoms with van der Waals surface area (Å²) in [7, 11) is 0. The summed E-state index contributed by atoms with van der Waals surface area (Å²) in [4.78, 5) is 23.5. The van der Waals surface area contributed by atoms with E-state index in [-0.39, 0.29) is 12.2 Å². The summed E-state index contributed by atoms with van der Waals surface area (Å²) in [5.41, 5.74) is -1.08. The molecule has 0 saturated heterocycles. The molecule has 2 rings (SSSR count). The number of rotatable bonds is 7. The first-order valence-electron chi connectivity index (χ1n) is 8.39. The molecule has 27 heavy (non-hydrogen) atoms. The van der Waals surface area contributed by atoms with Crippen molar-refractivity contribution in [3.63, 3.8) is 0 Å². The number of para-hydroxylation sites is 1. The third-order valence-electron chi connectivity index (χ3n) is 4.12. The topological polar surface area (TPSA) is 84.2 Å². The zero-order chi connectivity index (χ0) is 20.2. The minimum absolute atomic E-state index is 0.207. The SMILES string of the molecule is CCCC(CNC(=O)c1cnn(-c2ccccc2C)c1C(F)(F)F)C(=O)O. The molecule has 1 amide bonds. The van der Waals surface area contributed by atoms with Gasteiger partial charge in [-0.3, -0.25) is 9.59 Å². The van der Waals surface area contributed by atoms with Crippen LogP contribution in [0, 0.1) is 12.8 Å². The molecule has 0 aliphatic carbocycles. The van der Waals surface area contributed by atoms with E-state index < -0.39 is 35.2 Å². The normalized spacial score (nSPS) is 12.6. The number of nitrogens with one attached hydrogen (secondary N) is 1. The van der Waals surface area contributed by atoms with Crippen molar-refractivity contribution in [3.8, 4) is 5.69 Å².